The number of para-hydroxylation sites is 1. The Kier molecular flexibility index (Phi) is 4.51. The van der Waals surface area contributed by atoms with Gasteiger partial charge in [-0.25, -0.2) is 0 Å². The highest BCUT2D eigenvalue weighted by molar-refractivity contribution is 5.51. The van der Waals surface area contributed by atoms with Gasteiger partial charge in [0.2, 0.25) is 0 Å². The minimum Gasteiger partial charge on any atom is -0.504 e. The molecule has 0 aliphatic rings. The summed E-state index contributed by atoms with van der Waals surface area (Å²) in [4.78, 5) is 2.11. The van der Waals surface area contributed by atoms with Gasteiger partial charge in [-0.1, -0.05) is 24.3 Å². The molecule has 0 aliphatic carbocycles. The van der Waals surface area contributed by atoms with Gasteiger partial charge in [-0.2, -0.15) is 0 Å². The molecule has 0 bridgehead atoms. The summed E-state index contributed by atoms with van der Waals surface area (Å²) in [5, 5.41) is 10.2. The summed E-state index contributed by atoms with van der Waals surface area (Å²) >= 11 is 0. The van der Waals surface area contributed by atoms with Gasteiger partial charge in [-0.15, -0.1) is 0 Å². The van der Waals surface area contributed by atoms with Crippen molar-refractivity contribution in [1.29, 1.82) is 0 Å². The Bertz CT molecular complexity index is 581. The lowest BCUT2D eigenvalue weighted by Crippen LogP contribution is -2.16. The molecule has 2 rings (SSSR count). The van der Waals surface area contributed by atoms with E-state index in [0.717, 1.165) is 11.3 Å². The summed E-state index contributed by atoms with van der Waals surface area (Å²) in [6.45, 7) is 5.16. The van der Waals surface area contributed by atoms with Crippen LogP contribution in [0.25, 0.3) is 0 Å². The van der Waals surface area contributed by atoms with E-state index in [1.165, 1.54) is 5.56 Å². The van der Waals surface area contributed by atoms with Crippen LogP contribution in [0.3, 0.4) is 0 Å². The quantitative estimate of drug-likeness (QED) is 0.899. The molecule has 0 saturated heterocycles. The maximum atomic E-state index is 10.2. The molecule has 0 fully saturated rings. The molecule has 0 saturated carbocycles. The molecule has 2 aromatic carbocycles. The molecule has 1 N–H and O–H groups in total. The van der Waals surface area contributed by atoms with Crippen LogP contribution in [0.2, 0.25) is 0 Å². The summed E-state index contributed by atoms with van der Waals surface area (Å²) in [5.41, 5.74) is 3.22. The average Bonchev–Trinajstić information content (AvgIpc) is 2.43. The first-order chi connectivity index (χ1) is 9.61. The Balaban J connectivity index is 2.19. The van der Waals surface area contributed by atoms with Crippen molar-refractivity contribution in [2.24, 2.45) is 0 Å². The first kappa shape index (κ1) is 14.3. The second-order valence-corrected chi connectivity index (χ2v) is 4.89. The van der Waals surface area contributed by atoms with E-state index in [9.17, 15) is 5.11 Å². The first-order valence-corrected chi connectivity index (χ1v) is 6.83. The number of benzene rings is 2. The van der Waals surface area contributed by atoms with Crippen molar-refractivity contribution >= 4 is 5.69 Å². The lowest BCUT2D eigenvalue weighted by atomic mass is 10.1. The normalized spacial score (nSPS) is 10.3. The van der Waals surface area contributed by atoms with Crippen LogP contribution in [0, 0.1) is 6.92 Å². The summed E-state index contributed by atoms with van der Waals surface area (Å²) in [6.07, 6.45) is 0. The van der Waals surface area contributed by atoms with Gasteiger partial charge in [0.1, 0.15) is 0 Å². The average molecular weight is 271 g/mol. The van der Waals surface area contributed by atoms with Gasteiger partial charge in [-0.3, -0.25) is 0 Å². The Morgan fingerprint density at radius 2 is 1.90 bits per heavy atom. The van der Waals surface area contributed by atoms with Crippen LogP contribution in [0.15, 0.2) is 42.5 Å². The maximum absolute atomic E-state index is 10.2. The van der Waals surface area contributed by atoms with Crippen molar-refractivity contribution in [3.8, 4) is 11.5 Å². The predicted octanol–water partition coefficient (Wildman–Crippen LogP) is 3.74. The number of anilines is 1. The Morgan fingerprint density at radius 3 is 2.60 bits per heavy atom. The van der Waals surface area contributed by atoms with Gasteiger partial charge >= 0.3 is 0 Å². The van der Waals surface area contributed by atoms with Crippen molar-refractivity contribution in [3.63, 3.8) is 0 Å². The third kappa shape index (κ3) is 3.23. The fourth-order valence-corrected chi connectivity index (χ4v) is 2.18. The first-order valence-electron chi connectivity index (χ1n) is 6.83. The van der Waals surface area contributed by atoms with Gasteiger partial charge in [0.05, 0.1) is 6.61 Å². The number of phenols is 1. The van der Waals surface area contributed by atoms with Crippen LogP contribution in [0.4, 0.5) is 5.69 Å². The predicted molar refractivity (Wildman–Crippen MR) is 82.6 cm³/mol. The molecule has 0 atom stereocenters. The van der Waals surface area contributed by atoms with E-state index in [0.29, 0.717) is 18.9 Å². The number of rotatable bonds is 5. The smallest absolute Gasteiger partial charge is 0.162 e. The molecule has 0 aromatic heterocycles. The molecule has 0 unspecified atom stereocenters. The van der Waals surface area contributed by atoms with E-state index in [4.69, 9.17) is 4.74 Å². The summed E-state index contributed by atoms with van der Waals surface area (Å²) in [5.74, 6) is 0.775. The number of hydrogen-bond donors (Lipinski definition) is 1. The topological polar surface area (TPSA) is 32.7 Å². The Morgan fingerprint density at radius 1 is 1.15 bits per heavy atom. The molecular formula is C17H21NO2. The lowest BCUT2D eigenvalue weighted by Gasteiger charge is -2.21. The fraction of sp³-hybridized carbons (Fsp3) is 0.294. The van der Waals surface area contributed by atoms with Crippen molar-refractivity contribution in [2.45, 2.75) is 20.4 Å². The maximum Gasteiger partial charge on any atom is 0.162 e. The Hall–Kier alpha value is -2.16. The van der Waals surface area contributed by atoms with Crippen LogP contribution >= 0.6 is 0 Å². The van der Waals surface area contributed by atoms with E-state index in [2.05, 4.69) is 30.0 Å². The van der Waals surface area contributed by atoms with Crippen LogP contribution in [-0.2, 0) is 6.54 Å². The molecule has 0 radical (unpaired) electrons. The zero-order chi connectivity index (χ0) is 14.5. The van der Waals surface area contributed by atoms with Gasteiger partial charge in [0.25, 0.3) is 0 Å². The van der Waals surface area contributed by atoms with E-state index in [-0.39, 0.29) is 5.75 Å². The monoisotopic (exact) mass is 271 g/mol. The zero-order valence-electron chi connectivity index (χ0n) is 12.3. The summed E-state index contributed by atoms with van der Waals surface area (Å²) in [7, 11) is 2.02. The second-order valence-electron chi connectivity index (χ2n) is 4.89. The highest BCUT2D eigenvalue weighted by Crippen LogP contribution is 2.31. The molecule has 20 heavy (non-hydrogen) atoms. The molecule has 0 spiro atoms. The van der Waals surface area contributed by atoms with Crippen LogP contribution in [0.1, 0.15) is 18.1 Å². The molecule has 3 heteroatoms. The van der Waals surface area contributed by atoms with Gasteiger partial charge in [0, 0.05) is 24.8 Å². The second kappa shape index (κ2) is 6.33. The van der Waals surface area contributed by atoms with Crippen molar-refractivity contribution in [3.05, 3.63) is 53.6 Å². The molecule has 2 aromatic rings. The zero-order valence-corrected chi connectivity index (χ0v) is 12.3. The van der Waals surface area contributed by atoms with Crippen molar-refractivity contribution in [1.82, 2.24) is 0 Å². The SMILES string of the molecule is CCOc1cccc(CN(C)c2cccc(C)c2)c1O. The molecule has 0 heterocycles. The summed E-state index contributed by atoms with van der Waals surface area (Å²) in [6, 6.07) is 13.9. The van der Waals surface area contributed by atoms with Crippen LogP contribution < -0.4 is 9.64 Å². The highest BCUT2D eigenvalue weighted by atomic mass is 16.5. The number of hydrogen-bond acceptors (Lipinski definition) is 3. The lowest BCUT2D eigenvalue weighted by molar-refractivity contribution is 0.316. The minimum absolute atomic E-state index is 0.230. The van der Waals surface area contributed by atoms with Crippen LogP contribution in [0.5, 0.6) is 11.5 Å². The number of aromatic hydroxyl groups is 1. The highest BCUT2D eigenvalue weighted by Gasteiger charge is 2.10. The van der Waals surface area contributed by atoms with E-state index < -0.39 is 0 Å². The number of ether oxygens (including phenoxy) is 1. The van der Waals surface area contributed by atoms with Gasteiger partial charge < -0.3 is 14.7 Å². The van der Waals surface area contributed by atoms with Gasteiger partial charge in [0.15, 0.2) is 11.5 Å². The van der Waals surface area contributed by atoms with Crippen molar-refractivity contribution < 1.29 is 9.84 Å². The number of phenolic OH excluding ortho intramolecular Hbond substituents is 1. The number of nitrogens with zero attached hydrogens (tertiary/aromatic N) is 1. The fourth-order valence-electron chi connectivity index (χ4n) is 2.18. The molecule has 0 aliphatic heterocycles. The third-order valence-corrected chi connectivity index (χ3v) is 3.23. The largest absolute Gasteiger partial charge is 0.504 e. The molecular weight excluding hydrogens is 250 g/mol. The van der Waals surface area contributed by atoms with E-state index >= 15 is 0 Å². The standard InChI is InChI=1S/C17H21NO2/c1-4-20-16-10-6-8-14(17(16)19)12-18(3)15-9-5-7-13(2)11-15/h5-11,19H,4,12H2,1-3H3. The van der Waals surface area contributed by atoms with Crippen LogP contribution in [-0.4, -0.2) is 18.8 Å². The van der Waals surface area contributed by atoms with E-state index in [1.54, 1.807) is 6.07 Å². The third-order valence-electron chi connectivity index (χ3n) is 3.23. The Labute approximate surface area is 120 Å². The van der Waals surface area contributed by atoms with Crippen molar-refractivity contribution in [2.75, 3.05) is 18.6 Å². The molecule has 3 nitrogen and oxygen atoms in total. The van der Waals surface area contributed by atoms with E-state index in [1.807, 2.05) is 32.2 Å². The van der Waals surface area contributed by atoms with Gasteiger partial charge in [-0.05, 0) is 37.6 Å². The molecule has 0 amide bonds. The minimum atomic E-state index is 0.230. The number of aryl methyl sites for hydroxylation is 1. The molecule has 106 valence electrons. The summed E-state index contributed by atoms with van der Waals surface area (Å²) < 4.78 is 5.42.